The largest absolute Gasteiger partial charge is 0.470 e. The first-order chi connectivity index (χ1) is 15.7. The van der Waals surface area contributed by atoms with E-state index >= 15 is 0 Å². The van der Waals surface area contributed by atoms with Crippen molar-refractivity contribution in [1.82, 2.24) is 5.32 Å². The minimum atomic E-state index is -1.73. The van der Waals surface area contributed by atoms with Gasteiger partial charge in [0.05, 0.1) is 6.61 Å². The molecular weight excluding hydrogens is 553 g/mol. The summed E-state index contributed by atoms with van der Waals surface area (Å²) in [5.41, 5.74) is 0.394. The van der Waals surface area contributed by atoms with Crippen LogP contribution in [0.1, 0.15) is 18.8 Å². The van der Waals surface area contributed by atoms with E-state index in [0.717, 1.165) is 11.3 Å². The Morgan fingerprint density at radius 1 is 1.27 bits per heavy atom. The van der Waals surface area contributed by atoms with Crippen LogP contribution >= 0.6 is 70.5 Å². The van der Waals surface area contributed by atoms with Gasteiger partial charge in [-0.25, -0.2) is 4.79 Å². The maximum Gasteiger partial charge on any atom is 0.407 e. The molecule has 0 aromatic heterocycles. The predicted octanol–water partition coefficient (Wildman–Crippen LogP) is 5.08. The van der Waals surface area contributed by atoms with Gasteiger partial charge in [-0.2, -0.15) is 0 Å². The number of benzene rings is 1. The molecule has 6 atom stereocenters. The van der Waals surface area contributed by atoms with E-state index < -0.39 is 52.6 Å². The number of alkyl carbamates (subject to hydrolysis) is 1. The summed E-state index contributed by atoms with van der Waals surface area (Å²) in [7, 11) is 0. The summed E-state index contributed by atoms with van der Waals surface area (Å²) < 4.78 is 28.2. The fraction of sp³-hybridized carbons (Fsp3) is 0.600. The molecule has 13 heteroatoms. The zero-order valence-electron chi connectivity index (χ0n) is 17.8. The van der Waals surface area contributed by atoms with Gasteiger partial charge in [0.2, 0.25) is 8.18 Å². The Hall–Kier alpha value is -0.170. The maximum absolute atomic E-state index is 12.5. The summed E-state index contributed by atoms with van der Waals surface area (Å²) in [6.45, 7) is 1.87. The van der Waals surface area contributed by atoms with Gasteiger partial charge < -0.3 is 29.0 Å². The summed E-state index contributed by atoms with van der Waals surface area (Å²) in [4.78, 5) is 12.5. The van der Waals surface area contributed by atoms with Crippen LogP contribution in [0.25, 0.3) is 0 Å². The van der Waals surface area contributed by atoms with E-state index in [1.807, 2.05) is 43.5 Å². The van der Waals surface area contributed by atoms with E-state index in [-0.39, 0.29) is 0 Å². The minimum absolute atomic E-state index is 0.293. The van der Waals surface area contributed by atoms with Crippen LogP contribution in [0, 0.1) is 0 Å². The smallest absolute Gasteiger partial charge is 0.407 e. The van der Waals surface area contributed by atoms with Crippen LogP contribution in [0.3, 0.4) is 0 Å². The average molecular weight is 577 g/mol. The van der Waals surface area contributed by atoms with E-state index in [2.05, 4.69) is 5.32 Å². The first kappa shape index (κ1) is 27.4. The molecular formula is C20H24Cl3NO6S3. The molecule has 1 aromatic carbocycles. The van der Waals surface area contributed by atoms with Crippen molar-refractivity contribution >= 4 is 81.0 Å². The first-order valence-corrected chi connectivity index (χ1v) is 13.9. The van der Waals surface area contributed by atoms with Crippen LogP contribution in [0.4, 0.5) is 4.79 Å². The van der Waals surface area contributed by atoms with Crippen molar-refractivity contribution in [2.45, 2.75) is 46.8 Å². The van der Waals surface area contributed by atoms with Crippen molar-refractivity contribution in [2.75, 3.05) is 25.2 Å². The molecule has 0 aliphatic carbocycles. The second kappa shape index (κ2) is 12.7. The molecule has 7 nitrogen and oxygen atoms in total. The highest BCUT2D eigenvalue weighted by atomic mass is 35.6. The molecule has 0 spiro atoms. The molecule has 2 fully saturated rings. The lowest BCUT2D eigenvalue weighted by Gasteiger charge is -2.49. The second-order valence-corrected chi connectivity index (χ2v) is 12.4. The molecule has 1 N–H and O–H groups in total. The Balaban J connectivity index is 1.83. The first-order valence-electron chi connectivity index (χ1n) is 10.1. The minimum Gasteiger partial charge on any atom is -0.470 e. The highest BCUT2D eigenvalue weighted by Crippen LogP contribution is 2.38. The number of rotatable bonds is 6. The number of thiocarbonyl (C=S) groups is 1. The molecule has 2 aliphatic rings. The van der Waals surface area contributed by atoms with Gasteiger partial charge in [0.25, 0.3) is 0 Å². The Labute approximate surface area is 221 Å². The molecule has 184 valence electrons. The van der Waals surface area contributed by atoms with Gasteiger partial charge >= 0.3 is 6.09 Å². The Morgan fingerprint density at radius 3 is 2.64 bits per heavy atom. The number of hydrogen-bond donors (Lipinski definition) is 1. The zero-order valence-corrected chi connectivity index (χ0v) is 22.5. The maximum atomic E-state index is 12.5. The number of carbonyl (C=O) groups is 1. The van der Waals surface area contributed by atoms with Crippen LogP contribution in [0.5, 0.6) is 0 Å². The van der Waals surface area contributed by atoms with E-state index in [1.165, 1.54) is 23.5 Å². The van der Waals surface area contributed by atoms with Crippen molar-refractivity contribution in [2.24, 2.45) is 0 Å². The average Bonchev–Trinajstić information content (AvgIpc) is 2.79. The third-order valence-electron chi connectivity index (χ3n) is 4.79. The van der Waals surface area contributed by atoms with Gasteiger partial charge in [0.15, 0.2) is 12.4 Å². The van der Waals surface area contributed by atoms with E-state index in [1.54, 1.807) is 0 Å². The summed E-state index contributed by atoms with van der Waals surface area (Å²) in [5, 5.41) is 2.80. The van der Waals surface area contributed by atoms with Crippen molar-refractivity contribution in [3.8, 4) is 0 Å². The molecule has 0 radical (unpaired) electrons. The van der Waals surface area contributed by atoms with E-state index in [0.29, 0.717) is 11.0 Å². The van der Waals surface area contributed by atoms with E-state index in [4.69, 9.17) is 70.7 Å². The van der Waals surface area contributed by atoms with Crippen molar-refractivity contribution in [1.29, 1.82) is 0 Å². The number of thioether (sulfide) groups is 2. The number of carbonyl (C=O) groups excluding carboxylic acids is 1. The predicted molar refractivity (Wildman–Crippen MR) is 136 cm³/mol. The normalized spacial score (nSPS) is 29.6. The summed E-state index contributed by atoms with van der Waals surface area (Å²) in [5.74, 6) is 0.734. The van der Waals surface area contributed by atoms with Gasteiger partial charge in [-0.1, -0.05) is 83.8 Å². The third-order valence-corrected chi connectivity index (χ3v) is 7.21. The second-order valence-electron chi connectivity index (χ2n) is 7.07. The number of ether oxygens (including phenoxy) is 5. The van der Waals surface area contributed by atoms with Crippen LogP contribution < -0.4 is 5.32 Å². The van der Waals surface area contributed by atoms with Crippen molar-refractivity contribution < 1.29 is 28.5 Å². The number of alkyl halides is 3. The molecule has 3 rings (SSSR count). The standard InChI is InChI=1S/C20H24Cl3NO6S3/c1-3-33-17-13(24-18(25)27-10-20(21,22)23)15(30-19(31)32-2)14-12(28-17)9-26-16(29-14)11-7-5-4-6-8-11/h4-8,12-17H,3,9-10H2,1-2H3,(H,24,25)/t12-,13-,14-,15-,16-,17+/m1/s1. The number of hydrogen-bond acceptors (Lipinski definition) is 9. The fourth-order valence-corrected chi connectivity index (χ4v) is 4.90. The quantitative estimate of drug-likeness (QED) is 0.369. The lowest BCUT2D eigenvalue weighted by Crippen LogP contribution is -2.66. The van der Waals surface area contributed by atoms with Gasteiger partial charge in [-0.3, -0.25) is 0 Å². The van der Waals surface area contributed by atoms with Gasteiger partial charge in [-0.15, -0.1) is 11.8 Å². The highest BCUT2D eigenvalue weighted by Gasteiger charge is 2.52. The van der Waals surface area contributed by atoms with Crippen LogP contribution in [-0.2, 0) is 23.7 Å². The Bertz CT molecular complexity index is 803. The molecule has 2 saturated heterocycles. The highest BCUT2D eigenvalue weighted by molar-refractivity contribution is 8.22. The number of nitrogens with one attached hydrogen (secondary N) is 1. The van der Waals surface area contributed by atoms with Gasteiger partial charge in [0.1, 0.15) is 30.3 Å². The molecule has 1 aromatic rings. The fourth-order valence-electron chi connectivity index (χ4n) is 3.44. The number of fused-ring (bicyclic) bond motifs is 1. The molecule has 0 saturated carbocycles. The van der Waals surface area contributed by atoms with Crippen molar-refractivity contribution in [3.63, 3.8) is 0 Å². The van der Waals surface area contributed by atoms with Gasteiger partial charge in [-0.05, 0) is 24.2 Å². The number of amides is 1. The lowest BCUT2D eigenvalue weighted by molar-refractivity contribution is -0.304. The molecule has 0 unspecified atom stereocenters. The summed E-state index contributed by atoms with van der Waals surface area (Å²) in [6, 6.07) is 8.89. The SMILES string of the molecule is CCS[C@@H]1O[C@@H]2CO[C@@H](c3ccccc3)O[C@H]2[C@H](OC(=S)SC)[C@H]1NC(=O)OCC(Cl)(Cl)Cl. The molecule has 2 heterocycles. The zero-order chi connectivity index (χ0) is 24.0. The Morgan fingerprint density at radius 2 is 2.00 bits per heavy atom. The van der Waals surface area contributed by atoms with Crippen LogP contribution in [-0.4, -0.2) is 69.3 Å². The van der Waals surface area contributed by atoms with Gasteiger partial charge in [0, 0.05) is 5.56 Å². The molecule has 2 aliphatic heterocycles. The summed E-state index contributed by atoms with van der Waals surface area (Å²) >= 11 is 25.2. The lowest BCUT2D eigenvalue weighted by atomic mass is 9.96. The summed E-state index contributed by atoms with van der Waals surface area (Å²) in [6.07, 6.45) is -1.22. The number of halogens is 3. The Kier molecular flexibility index (Phi) is 10.5. The monoisotopic (exact) mass is 575 g/mol. The van der Waals surface area contributed by atoms with Crippen molar-refractivity contribution in [3.05, 3.63) is 35.9 Å². The van der Waals surface area contributed by atoms with E-state index in [9.17, 15) is 4.79 Å². The van der Waals surface area contributed by atoms with Crippen LogP contribution in [0.2, 0.25) is 0 Å². The molecule has 33 heavy (non-hydrogen) atoms. The molecule has 1 amide bonds. The molecule has 0 bridgehead atoms. The van der Waals surface area contributed by atoms with Crippen LogP contribution in [0.15, 0.2) is 30.3 Å². The third kappa shape index (κ3) is 7.91. The topological polar surface area (TPSA) is 75.3 Å².